The Morgan fingerprint density at radius 3 is 2.59 bits per heavy atom. The average Bonchev–Trinajstić information content (AvgIpc) is 2.89. The number of carbonyl (C=O) groups excluding carboxylic acids is 1. The van der Waals surface area contributed by atoms with Crippen molar-refractivity contribution < 1.29 is 13.9 Å². The Morgan fingerprint density at radius 2 is 1.96 bits per heavy atom. The topological polar surface area (TPSA) is 63.0 Å². The lowest BCUT2D eigenvalue weighted by molar-refractivity contribution is -0.0966. The number of aryl methyl sites for hydroxylation is 2. The van der Waals surface area contributed by atoms with Gasteiger partial charge in [0.05, 0.1) is 18.8 Å². The van der Waals surface area contributed by atoms with E-state index in [4.69, 9.17) is 9.15 Å². The maximum Gasteiger partial charge on any atom is 0.336 e. The highest BCUT2D eigenvalue weighted by Crippen LogP contribution is 2.63. The fourth-order valence-electron chi connectivity index (χ4n) is 5.93. The standard InChI is InChI=1S/C21H30N2O4/c1-14-9-17(24)27-15(2)18(14)19(25)23-10-16-20(3,4)11-21(16,13-23)12-22-5-7-26-8-6-22/h9,16H,5-8,10-13H2,1-4H3/t16-,21+/m1/s1. The van der Waals surface area contributed by atoms with Crippen LogP contribution in [0.3, 0.4) is 0 Å². The number of hydrogen-bond acceptors (Lipinski definition) is 5. The molecule has 0 spiro atoms. The van der Waals surface area contributed by atoms with Crippen molar-refractivity contribution in [2.45, 2.75) is 34.1 Å². The number of amides is 1. The van der Waals surface area contributed by atoms with Gasteiger partial charge in [0, 0.05) is 44.2 Å². The molecule has 0 unspecified atom stereocenters. The molecule has 3 aliphatic rings. The first kappa shape index (κ1) is 18.7. The number of likely N-dealkylation sites (tertiary alicyclic amines) is 1. The summed E-state index contributed by atoms with van der Waals surface area (Å²) in [6.07, 6.45) is 1.15. The predicted octanol–water partition coefficient (Wildman–Crippen LogP) is 2.08. The molecule has 2 saturated heterocycles. The average molecular weight is 374 g/mol. The van der Waals surface area contributed by atoms with E-state index in [-0.39, 0.29) is 16.7 Å². The molecule has 0 aromatic carbocycles. The zero-order valence-corrected chi connectivity index (χ0v) is 16.8. The minimum Gasteiger partial charge on any atom is -0.427 e. The van der Waals surface area contributed by atoms with E-state index in [1.165, 1.54) is 6.07 Å². The van der Waals surface area contributed by atoms with E-state index in [0.717, 1.165) is 52.4 Å². The van der Waals surface area contributed by atoms with Gasteiger partial charge in [-0.2, -0.15) is 0 Å². The van der Waals surface area contributed by atoms with Crippen LogP contribution in [0.2, 0.25) is 0 Å². The molecule has 1 saturated carbocycles. The van der Waals surface area contributed by atoms with Crippen molar-refractivity contribution in [3.8, 4) is 0 Å². The third-order valence-corrected chi connectivity index (χ3v) is 6.88. The van der Waals surface area contributed by atoms with Gasteiger partial charge in [0.15, 0.2) is 0 Å². The molecule has 0 bridgehead atoms. The van der Waals surface area contributed by atoms with Crippen LogP contribution >= 0.6 is 0 Å². The minimum atomic E-state index is -0.395. The van der Waals surface area contributed by atoms with Crippen molar-refractivity contribution >= 4 is 5.91 Å². The van der Waals surface area contributed by atoms with Crippen molar-refractivity contribution in [3.05, 3.63) is 33.4 Å². The molecule has 0 radical (unpaired) electrons. The molecule has 3 heterocycles. The summed E-state index contributed by atoms with van der Waals surface area (Å²) in [5.41, 5.74) is 1.29. The normalized spacial score (nSPS) is 30.1. The number of rotatable bonds is 3. The van der Waals surface area contributed by atoms with Crippen LogP contribution in [0.1, 0.15) is 41.9 Å². The van der Waals surface area contributed by atoms with E-state index in [2.05, 4.69) is 18.7 Å². The minimum absolute atomic E-state index is 0.000280. The quantitative estimate of drug-likeness (QED) is 0.811. The number of hydrogen-bond donors (Lipinski definition) is 0. The highest BCUT2D eigenvalue weighted by molar-refractivity contribution is 5.96. The van der Waals surface area contributed by atoms with Gasteiger partial charge in [-0.3, -0.25) is 9.69 Å². The van der Waals surface area contributed by atoms with Crippen molar-refractivity contribution in [2.75, 3.05) is 45.9 Å². The van der Waals surface area contributed by atoms with Gasteiger partial charge in [0.1, 0.15) is 5.76 Å². The predicted molar refractivity (Wildman–Crippen MR) is 102 cm³/mol. The van der Waals surface area contributed by atoms with E-state index < -0.39 is 5.63 Å². The number of nitrogens with zero attached hydrogens (tertiary/aromatic N) is 2. The number of fused-ring (bicyclic) bond motifs is 1. The van der Waals surface area contributed by atoms with E-state index in [9.17, 15) is 9.59 Å². The van der Waals surface area contributed by atoms with Gasteiger partial charge < -0.3 is 14.1 Å². The smallest absolute Gasteiger partial charge is 0.336 e. The summed E-state index contributed by atoms with van der Waals surface area (Å²) in [5.74, 6) is 0.930. The van der Waals surface area contributed by atoms with Gasteiger partial charge in [-0.05, 0) is 37.2 Å². The second kappa shape index (κ2) is 6.45. The van der Waals surface area contributed by atoms with Crippen molar-refractivity contribution in [3.63, 3.8) is 0 Å². The molecule has 148 valence electrons. The zero-order valence-electron chi connectivity index (χ0n) is 16.8. The molecule has 1 aliphatic carbocycles. The second-order valence-electron chi connectivity index (χ2n) is 9.33. The molecule has 1 amide bonds. The maximum absolute atomic E-state index is 13.3. The molecule has 27 heavy (non-hydrogen) atoms. The van der Waals surface area contributed by atoms with Crippen molar-refractivity contribution in [2.24, 2.45) is 16.7 Å². The van der Waals surface area contributed by atoms with Crippen LogP contribution in [0.15, 0.2) is 15.3 Å². The Bertz CT molecular complexity index is 783. The van der Waals surface area contributed by atoms with Crippen molar-refractivity contribution in [1.82, 2.24) is 9.80 Å². The molecule has 1 aromatic rings. The lowest BCUT2D eigenvalue weighted by atomic mass is 9.48. The molecule has 4 rings (SSSR count). The number of carbonyl (C=O) groups is 1. The summed E-state index contributed by atoms with van der Waals surface area (Å²) in [4.78, 5) is 29.4. The van der Waals surface area contributed by atoms with Gasteiger partial charge in [-0.1, -0.05) is 13.8 Å². The molecule has 2 aliphatic heterocycles. The SMILES string of the molecule is Cc1cc(=O)oc(C)c1C(=O)N1C[C@@H]2C(C)(C)C[C@]2(CN2CCOCC2)C1. The molecule has 2 atom stereocenters. The van der Waals surface area contributed by atoms with Gasteiger partial charge in [0.2, 0.25) is 0 Å². The van der Waals surface area contributed by atoms with E-state index >= 15 is 0 Å². The first-order valence-corrected chi connectivity index (χ1v) is 9.93. The maximum atomic E-state index is 13.3. The van der Waals surface area contributed by atoms with Gasteiger partial charge >= 0.3 is 5.63 Å². The third-order valence-electron chi connectivity index (χ3n) is 6.88. The Labute approximate surface area is 160 Å². The Balaban J connectivity index is 1.57. The first-order chi connectivity index (χ1) is 12.7. The third kappa shape index (κ3) is 3.13. The Morgan fingerprint density at radius 1 is 1.26 bits per heavy atom. The van der Waals surface area contributed by atoms with Crippen LogP contribution in [0, 0.1) is 30.6 Å². The van der Waals surface area contributed by atoms with Crippen LogP contribution in [0.5, 0.6) is 0 Å². The summed E-state index contributed by atoms with van der Waals surface area (Å²) in [6, 6.07) is 1.42. The largest absolute Gasteiger partial charge is 0.427 e. The second-order valence-corrected chi connectivity index (χ2v) is 9.33. The van der Waals surface area contributed by atoms with E-state index in [1.807, 2.05) is 11.8 Å². The molecule has 6 nitrogen and oxygen atoms in total. The van der Waals surface area contributed by atoms with Gasteiger partial charge in [-0.25, -0.2) is 4.79 Å². The van der Waals surface area contributed by atoms with Gasteiger partial charge in [-0.15, -0.1) is 0 Å². The van der Waals surface area contributed by atoms with Crippen LogP contribution in [0.4, 0.5) is 0 Å². The Hall–Kier alpha value is -1.66. The summed E-state index contributed by atoms with van der Waals surface area (Å²) < 4.78 is 10.7. The highest BCUT2D eigenvalue weighted by Gasteiger charge is 2.63. The lowest BCUT2D eigenvalue weighted by Gasteiger charge is -2.58. The van der Waals surface area contributed by atoms with Crippen LogP contribution in [-0.2, 0) is 4.74 Å². The summed E-state index contributed by atoms with van der Waals surface area (Å²) in [6.45, 7) is 14.3. The molecule has 0 N–H and O–H groups in total. The lowest BCUT2D eigenvalue weighted by Crippen LogP contribution is -2.59. The molecule has 1 aromatic heterocycles. The number of ether oxygens (including phenoxy) is 1. The molecular weight excluding hydrogens is 344 g/mol. The zero-order chi connectivity index (χ0) is 19.4. The summed E-state index contributed by atoms with van der Waals surface area (Å²) in [5, 5.41) is 0. The van der Waals surface area contributed by atoms with Crippen molar-refractivity contribution in [1.29, 1.82) is 0 Å². The first-order valence-electron chi connectivity index (χ1n) is 9.93. The highest BCUT2D eigenvalue weighted by atomic mass is 16.5. The molecule has 3 fully saturated rings. The van der Waals surface area contributed by atoms with Gasteiger partial charge in [0.25, 0.3) is 5.91 Å². The van der Waals surface area contributed by atoms with E-state index in [0.29, 0.717) is 22.8 Å². The van der Waals surface area contributed by atoms with Crippen LogP contribution in [-0.4, -0.2) is 61.6 Å². The van der Waals surface area contributed by atoms with Crippen LogP contribution < -0.4 is 5.63 Å². The fourth-order valence-corrected chi connectivity index (χ4v) is 5.93. The summed E-state index contributed by atoms with van der Waals surface area (Å²) >= 11 is 0. The summed E-state index contributed by atoms with van der Waals surface area (Å²) in [7, 11) is 0. The fraction of sp³-hybridized carbons (Fsp3) is 0.714. The Kier molecular flexibility index (Phi) is 4.47. The van der Waals surface area contributed by atoms with E-state index in [1.54, 1.807) is 6.92 Å². The molecular formula is C21H30N2O4. The van der Waals surface area contributed by atoms with Crippen LogP contribution in [0.25, 0.3) is 0 Å². The molecule has 6 heteroatoms. The monoisotopic (exact) mass is 374 g/mol. The number of morpholine rings is 1.